The summed E-state index contributed by atoms with van der Waals surface area (Å²) in [5.74, 6) is -0.00866. The maximum absolute atomic E-state index is 12.1. The molecule has 1 amide bonds. The van der Waals surface area contributed by atoms with Crippen molar-refractivity contribution in [3.05, 3.63) is 29.8 Å². The largest absolute Gasteiger partial charge is 0.380 e. The van der Waals surface area contributed by atoms with Crippen molar-refractivity contribution >= 4 is 11.6 Å². The first-order chi connectivity index (χ1) is 8.70. The highest BCUT2D eigenvalue weighted by molar-refractivity contribution is 5.93. The fraction of sp³-hybridized carbons (Fsp3) is 0.500. The third kappa shape index (κ3) is 3.09. The fourth-order valence-corrected chi connectivity index (χ4v) is 2.45. The average molecular weight is 248 g/mol. The second-order valence-electron chi connectivity index (χ2n) is 4.82. The van der Waals surface area contributed by atoms with Gasteiger partial charge in [-0.25, -0.2) is 0 Å². The Bertz CT molecular complexity index is 420. The van der Waals surface area contributed by atoms with E-state index >= 15 is 0 Å². The van der Waals surface area contributed by atoms with E-state index in [2.05, 4.69) is 5.32 Å². The van der Waals surface area contributed by atoms with Crippen molar-refractivity contribution in [2.24, 2.45) is 11.7 Å². The summed E-state index contributed by atoms with van der Waals surface area (Å²) in [6.07, 6.45) is 2.88. The lowest BCUT2D eigenvalue weighted by molar-refractivity contribution is -0.120. The van der Waals surface area contributed by atoms with Crippen LogP contribution in [0, 0.1) is 5.92 Å². The van der Waals surface area contributed by atoms with Crippen molar-refractivity contribution in [2.75, 3.05) is 12.4 Å². The summed E-state index contributed by atoms with van der Waals surface area (Å²) in [7, 11) is 1.66. The lowest BCUT2D eigenvalue weighted by Crippen LogP contribution is -2.34. The highest BCUT2D eigenvalue weighted by Gasteiger charge is 2.30. The molecule has 98 valence electrons. The molecule has 0 radical (unpaired) electrons. The number of carbonyl (C=O) groups excluding carboxylic acids is 1. The molecule has 1 aliphatic carbocycles. The Balaban J connectivity index is 2.00. The lowest BCUT2D eigenvalue weighted by atomic mass is 10.0. The Hall–Kier alpha value is -1.39. The van der Waals surface area contributed by atoms with Crippen LogP contribution in [0.3, 0.4) is 0 Å². The number of benzene rings is 1. The molecule has 1 aromatic carbocycles. The van der Waals surface area contributed by atoms with Gasteiger partial charge in [-0.05, 0) is 30.5 Å². The third-order valence-electron chi connectivity index (χ3n) is 3.41. The van der Waals surface area contributed by atoms with E-state index in [-0.39, 0.29) is 17.9 Å². The molecule has 0 saturated heterocycles. The van der Waals surface area contributed by atoms with E-state index in [4.69, 9.17) is 10.5 Å². The molecule has 1 aromatic rings. The van der Waals surface area contributed by atoms with Crippen LogP contribution in [0.15, 0.2) is 24.3 Å². The molecule has 4 nitrogen and oxygen atoms in total. The third-order valence-corrected chi connectivity index (χ3v) is 3.41. The zero-order valence-corrected chi connectivity index (χ0v) is 10.7. The summed E-state index contributed by atoms with van der Waals surface area (Å²) in [6, 6.07) is 7.71. The Labute approximate surface area is 108 Å². The molecule has 1 fully saturated rings. The number of hydrogen-bond donors (Lipinski definition) is 2. The van der Waals surface area contributed by atoms with Gasteiger partial charge in [0.1, 0.15) is 0 Å². The van der Waals surface area contributed by atoms with Crippen molar-refractivity contribution in [3.63, 3.8) is 0 Å². The topological polar surface area (TPSA) is 64.3 Å². The molecule has 1 saturated carbocycles. The zero-order valence-electron chi connectivity index (χ0n) is 10.7. The zero-order chi connectivity index (χ0) is 13.0. The fourth-order valence-electron chi connectivity index (χ4n) is 2.45. The molecule has 0 aliphatic heterocycles. The smallest absolute Gasteiger partial charge is 0.229 e. The minimum absolute atomic E-state index is 0.00663. The molecule has 0 heterocycles. The molecule has 2 atom stereocenters. The van der Waals surface area contributed by atoms with Gasteiger partial charge in [-0.3, -0.25) is 4.79 Å². The molecule has 4 heteroatoms. The van der Waals surface area contributed by atoms with Gasteiger partial charge < -0.3 is 15.8 Å². The highest BCUT2D eigenvalue weighted by Crippen LogP contribution is 2.25. The number of nitrogens with one attached hydrogen (secondary N) is 1. The molecule has 2 unspecified atom stereocenters. The van der Waals surface area contributed by atoms with E-state index in [1.165, 1.54) is 0 Å². The van der Waals surface area contributed by atoms with Crippen LogP contribution < -0.4 is 11.1 Å². The van der Waals surface area contributed by atoms with Crippen LogP contribution in [-0.4, -0.2) is 19.1 Å². The summed E-state index contributed by atoms with van der Waals surface area (Å²) in [6.45, 7) is 0.548. The first kappa shape index (κ1) is 13.1. The Morgan fingerprint density at radius 2 is 2.33 bits per heavy atom. The van der Waals surface area contributed by atoms with Gasteiger partial charge in [-0.1, -0.05) is 18.6 Å². The van der Waals surface area contributed by atoms with Crippen LogP contribution in [0.5, 0.6) is 0 Å². The number of rotatable bonds is 4. The first-order valence-corrected chi connectivity index (χ1v) is 6.35. The van der Waals surface area contributed by atoms with E-state index in [1.54, 1.807) is 7.11 Å². The second-order valence-corrected chi connectivity index (χ2v) is 4.82. The van der Waals surface area contributed by atoms with Gasteiger partial charge in [-0.2, -0.15) is 0 Å². The molecule has 3 N–H and O–H groups in total. The summed E-state index contributed by atoms with van der Waals surface area (Å²) in [5, 5.41) is 2.94. The van der Waals surface area contributed by atoms with E-state index < -0.39 is 0 Å². The van der Waals surface area contributed by atoms with Crippen molar-refractivity contribution < 1.29 is 9.53 Å². The van der Waals surface area contributed by atoms with Crippen LogP contribution in [0.4, 0.5) is 5.69 Å². The predicted octanol–water partition coefficient (Wildman–Crippen LogP) is 1.90. The normalized spacial score (nSPS) is 23.0. The molecular weight excluding hydrogens is 228 g/mol. The van der Waals surface area contributed by atoms with Crippen molar-refractivity contribution in [2.45, 2.75) is 31.9 Å². The molecule has 0 bridgehead atoms. The van der Waals surface area contributed by atoms with Crippen LogP contribution in [0.25, 0.3) is 0 Å². The van der Waals surface area contributed by atoms with Crippen LogP contribution in [0.2, 0.25) is 0 Å². The number of ether oxygens (including phenoxy) is 1. The number of nitrogens with two attached hydrogens (primary N) is 1. The molecular formula is C14H20N2O2. The second kappa shape index (κ2) is 5.98. The SMILES string of the molecule is COCc1cccc(NC(=O)C2CCCC2N)c1. The van der Waals surface area contributed by atoms with E-state index in [0.717, 1.165) is 30.5 Å². The quantitative estimate of drug-likeness (QED) is 0.855. The summed E-state index contributed by atoms with van der Waals surface area (Å²) in [5.41, 5.74) is 7.79. The average Bonchev–Trinajstić information content (AvgIpc) is 2.76. The van der Waals surface area contributed by atoms with Gasteiger partial charge in [0.25, 0.3) is 0 Å². The minimum Gasteiger partial charge on any atom is -0.380 e. The van der Waals surface area contributed by atoms with Crippen LogP contribution >= 0.6 is 0 Å². The van der Waals surface area contributed by atoms with Crippen LogP contribution in [-0.2, 0) is 16.1 Å². The standard InChI is InChI=1S/C14H20N2O2/c1-18-9-10-4-2-5-11(8-10)16-14(17)12-6-3-7-13(12)15/h2,4-5,8,12-13H,3,6-7,9,15H2,1H3,(H,16,17). The van der Waals surface area contributed by atoms with Crippen molar-refractivity contribution in [1.29, 1.82) is 0 Å². The highest BCUT2D eigenvalue weighted by atomic mass is 16.5. The number of hydrogen-bond acceptors (Lipinski definition) is 3. The summed E-state index contributed by atoms with van der Waals surface area (Å²) in [4.78, 5) is 12.1. The van der Waals surface area contributed by atoms with Gasteiger partial charge in [0.15, 0.2) is 0 Å². The van der Waals surface area contributed by atoms with E-state index in [9.17, 15) is 4.79 Å². The Kier molecular flexibility index (Phi) is 4.33. The molecule has 0 spiro atoms. The van der Waals surface area contributed by atoms with E-state index in [0.29, 0.717) is 6.61 Å². The number of amides is 1. The molecule has 2 rings (SSSR count). The van der Waals surface area contributed by atoms with Gasteiger partial charge in [0.05, 0.1) is 12.5 Å². The lowest BCUT2D eigenvalue weighted by Gasteiger charge is -2.15. The van der Waals surface area contributed by atoms with Crippen molar-refractivity contribution in [1.82, 2.24) is 0 Å². The predicted molar refractivity (Wildman–Crippen MR) is 71.1 cm³/mol. The number of carbonyl (C=O) groups is 1. The monoisotopic (exact) mass is 248 g/mol. The van der Waals surface area contributed by atoms with Gasteiger partial charge in [0.2, 0.25) is 5.91 Å². The van der Waals surface area contributed by atoms with Crippen molar-refractivity contribution in [3.8, 4) is 0 Å². The number of methoxy groups -OCH3 is 1. The maximum Gasteiger partial charge on any atom is 0.229 e. The Morgan fingerprint density at radius 3 is 3.00 bits per heavy atom. The summed E-state index contributed by atoms with van der Waals surface area (Å²) < 4.78 is 5.07. The minimum atomic E-state index is -0.0453. The first-order valence-electron chi connectivity index (χ1n) is 6.35. The van der Waals surface area contributed by atoms with Gasteiger partial charge in [-0.15, -0.1) is 0 Å². The van der Waals surface area contributed by atoms with E-state index in [1.807, 2.05) is 24.3 Å². The summed E-state index contributed by atoms with van der Waals surface area (Å²) >= 11 is 0. The van der Waals surface area contributed by atoms with Crippen LogP contribution in [0.1, 0.15) is 24.8 Å². The van der Waals surface area contributed by atoms with Gasteiger partial charge >= 0.3 is 0 Å². The maximum atomic E-state index is 12.1. The van der Waals surface area contributed by atoms with Gasteiger partial charge in [0, 0.05) is 18.8 Å². The molecule has 1 aliphatic rings. The Morgan fingerprint density at radius 1 is 1.50 bits per heavy atom. The number of anilines is 1. The molecule has 0 aromatic heterocycles. The molecule has 18 heavy (non-hydrogen) atoms.